The molecule has 0 aromatic heterocycles. The first-order valence-corrected chi connectivity index (χ1v) is 5.92. The summed E-state index contributed by atoms with van der Waals surface area (Å²) in [6, 6.07) is 4.52. The van der Waals surface area contributed by atoms with Gasteiger partial charge in [0.25, 0.3) is 0 Å². The quantitative estimate of drug-likeness (QED) is 0.693. The van der Waals surface area contributed by atoms with Gasteiger partial charge in [0.15, 0.2) is 11.5 Å². The molecule has 0 fully saturated rings. The van der Waals surface area contributed by atoms with Crippen molar-refractivity contribution in [2.75, 3.05) is 19.8 Å². The van der Waals surface area contributed by atoms with Crippen LogP contribution in [0.4, 0.5) is 0 Å². The number of benzene rings is 1. The molecule has 1 rings (SSSR count). The number of carboxylic acid groups (broad SMARTS) is 1. The zero-order chi connectivity index (χ0) is 13.4. The van der Waals surface area contributed by atoms with Gasteiger partial charge in [0.2, 0.25) is 0 Å². The van der Waals surface area contributed by atoms with Crippen LogP contribution in [0, 0.1) is 0 Å². The summed E-state index contributed by atoms with van der Waals surface area (Å²) in [5.74, 6) is -0.0380. The van der Waals surface area contributed by atoms with Gasteiger partial charge in [-0.15, -0.1) is 0 Å². The molecule has 0 atom stereocenters. The fourth-order valence-electron chi connectivity index (χ4n) is 1.42. The molecule has 0 aliphatic heterocycles. The third-order valence-corrected chi connectivity index (χ3v) is 2.30. The maximum Gasteiger partial charge on any atom is 0.335 e. The fraction of sp³-hybridized carbons (Fsp3) is 0.462. The van der Waals surface area contributed by atoms with Crippen molar-refractivity contribution < 1.29 is 24.5 Å². The molecule has 1 aromatic carbocycles. The standard InChI is InChI=1S/C13H18O5/c1-2-17-12-9-10(13(15)16)5-6-11(12)18-8-4-3-7-14/h5-6,9,14H,2-4,7-8H2,1H3,(H,15,16). The molecule has 0 radical (unpaired) electrons. The molecule has 0 aliphatic carbocycles. The number of rotatable bonds is 8. The monoisotopic (exact) mass is 254 g/mol. The molecule has 0 bridgehead atoms. The Balaban J connectivity index is 2.73. The van der Waals surface area contributed by atoms with Crippen molar-refractivity contribution >= 4 is 5.97 Å². The van der Waals surface area contributed by atoms with Crippen molar-refractivity contribution in [3.05, 3.63) is 23.8 Å². The Kier molecular flexibility index (Phi) is 6.00. The van der Waals surface area contributed by atoms with Crippen LogP contribution in [0.15, 0.2) is 18.2 Å². The molecule has 5 nitrogen and oxygen atoms in total. The van der Waals surface area contributed by atoms with E-state index in [0.29, 0.717) is 31.1 Å². The summed E-state index contributed by atoms with van der Waals surface area (Å²) in [5, 5.41) is 17.5. The van der Waals surface area contributed by atoms with E-state index in [4.69, 9.17) is 19.7 Å². The van der Waals surface area contributed by atoms with Gasteiger partial charge in [-0.3, -0.25) is 0 Å². The fourth-order valence-corrected chi connectivity index (χ4v) is 1.42. The number of carboxylic acids is 1. The van der Waals surface area contributed by atoms with Gasteiger partial charge in [0, 0.05) is 6.61 Å². The van der Waals surface area contributed by atoms with Gasteiger partial charge in [-0.05, 0) is 38.0 Å². The van der Waals surface area contributed by atoms with Gasteiger partial charge in [-0.2, -0.15) is 0 Å². The van der Waals surface area contributed by atoms with Crippen LogP contribution in [-0.4, -0.2) is 36.0 Å². The largest absolute Gasteiger partial charge is 0.490 e. The van der Waals surface area contributed by atoms with Crippen molar-refractivity contribution in [3.8, 4) is 11.5 Å². The topological polar surface area (TPSA) is 76.0 Å². The molecule has 100 valence electrons. The summed E-state index contributed by atoms with van der Waals surface area (Å²) in [7, 11) is 0. The number of hydrogen-bond acceptors (Lipinski definition) is 4. The van der Waals surface area contributed by atoms with Crippen LogP contribution in [-0.2, 0) is 0 Å². The Labute approximate surface area is 106 Å². The van der Waals surface area contributed by atoms with Crippen molar-refractivity contribution in [2.45, 2.75) is 19.8 Å². The molecule has 5 heteroatoms. The lowest BCUT2D eigenvalue weighted by molar-refractivity contribution is 0.0696. The number of hydrogen-bond donors (Lipinski definition) is 2. The Morgan fingerprint density at radius 1 is 1.22 bits per heavy atom. The molecule has 0 aliphatic rings. The van der Waals surface area contributed by atoms with Gasteiger partial charge < -0.3 is 19.7 Å². The van der Waals surface area contributed by atoms with E-state index in [0.717, 1.165) is 6.42 Å². The minimum absolute atomic E-state index is 0.139. The van der Waals surface area contributed by atoms with E-state index >= 15 is 0 Å². The van der Waals surface area contributed by atoms with Crippen molar-refractivity contribution in [1.29, 1.82) is 0 Å². The first-order valence-electron chi connectivity index (χ1n) is 5.92. The molecule has 0 spiro atoms. The van der Waals surface area contributed by atoms with Crippen molar-refractivity contribution in [2.24, 2.45) is 0 Å². The Morgan fingerprint density at radius 2 is 2.00 bits per heavy atom. The Bertz CT molecular complexity index is 389. The van der Waals surface area contributed by atoms with Crippen molar-refractivity contribution in [1.82, 2.24) is 0 Å². The molecule has 0 heterocycles. The molecule has 0 saturated heterocycles. The summed E-state index contributed by atoms with van der Waals surface area (Å²) in [6.07, 6.45) is 1.42. The van der Waals surface area contributed by atoms with Gasteiger partial charge >= 0.3 is 5.97 Å². The maximum absolute atomic E-state index is 10.8. The number of aliphatic hydroxyl groups is 1. The van der Waals surface area contributed by atoms with Gasteiger partial charge in [0.1, 0.15) is 0 Å². The molecular weight excluding hydrogens is 236 g/mol. The predicted molar refractivity (Wildman–Crippen MR) is 66.4 cm³/mol. The van der Waals surface area contributed by atoms with E-state index in [1.165, 1.54) is 12.1 Å². The van der Waals surface area contributed by atoms with Crippen LogP contribution in [0.2, 0.25) is 0 Å². The summed E-state index contributed by atoms with van der Waals surface area (Å²) >= 11 is 0. The highest BCUT2D eigenvalue weighted by Gasteiger charge is 2.10. The lowest BCUT2D eigenvalue weighted by Gasteiger charge is -2.12. The van der Waals surface area contributed by atoms with Gasteiger partial charge in [-0.1, -0.05) is 0 Å². The molecular formula is C13H18O5. The lowest BCUT2D eigenvalue weighted by atomic mass is 10.2. The molecule has 0 amide bonds. The van der Waals surface area contributed by atoms with E-state index in [-0.39, 0.29) is 12.2 Å². The third kappa shape index (κ3) is 4.25. The van der Waals surface area contributed by atoms with Crippen molar-refractivity contribution in [3.63, 3.8) is 0 Å². The van der Waals surface area contributed by atoms with Crippen LogP contribution < -0.4 is 9.47 Å². The number of unbranched alkanes of at least 4 members (excludes halogenated alkanes) is 1. The van der Waals surface area contributed by atoms with E-state index in [1.54, 1.807) is 6.07 Å². The highest BCUT2D eigenvalue weighted by atomic mass is 16.5. The van der Waals surface area contributed by atoms with E-state index < -0.39 is 5.97 Å². The van der Waals surface area contributed by atoms with E-state index in [1.807, 2.05) is 6.92 Å². The summed E-state index contributed by atoms with van der Waals surface area (Å²) in [6.45, 7) is 2.87. The molecule has 1 aromatic rings. The van der Waals surface area contributed by atoms with E-state index in [9.17, 15) is 4.79 Å². The van der Waals surface area contributed by atoms with Crippen LogP contribution in [0.5, 0.6) is 11.5 Å². The average molecular weight is 254 g/mol. The zero-order valence-corrected chi connectivity index (χ0v) is 10.4. The zero-order valence-electron chi connectivity index (χ0n) is 10.4. The second-order valence-corrected chi connectivity index (χ2v) is 3.68. The van der Waals surface area contributed by atoms with Crippen LogP contribution >= 0.6 is 0 Å². The minimum atomic E-state index is -0.997. The van der Waals surface area contributed by atoms with E-state index in [2.05, 4.69) is 0 Å². The maximum atomic E-state index is 10.8. The number of carbonyl (C=O) groups is 1. The summed E-state index contributed by atoms with van der Waals surface area (Å²) in [5.41, 5.74) is 0.168. The average Bonchev–Trinajstić information content (AvgIpc) is 2.36. The second-order valence-electron chi connectivity index (χ2n) is 3.68. The first kappa shape index (κ1) is 14.3. The molecule has 0 unspecified atom stereocenters. The molecule has 18 heavy (non-hydrogen) atoms. The van der Waals surface area contributed by atoms with Crippen LogP contribution in [0.25, 0.3) is 0 Å². The SMILES string of the molecule is CCOc1cc(C(=O)O)ccc1OCCCCO. The van der Waals surface area contributed by atoms with Crippen LogP contribution in [0.1, 0.15) is 30.1 Å². The number of aliphatic hydroxyl groups excluding tert-OH is 1. The number of ether oxygens (including phenoxy) is 2. The molecule has 2 N–H and O–H groups in total. The third-order valence-electron chi connectivity index (χ3n) is 2.30. The normalized spacial score (nSPS) is 10.1. The lowest BCUT2D eigenvalue weighted by Crippen LogP contribution is -2.04. The minimum Gasteiger partial charge on any atom is -0.490 e. The highest BCUT2D eigenvalue weighted by Crippen LogP contribution is 2.28. The van der Waals surface area contributed by atoms with Gasteiger partial charge in [0.05, 0.1) is 18.8 Å². The van der Waals surface area contributed by atoms with Gasteiger partial charge in [-0.25, -0.2) is 4.79 Å². The predicted octanol–water partition coefficient (Wildman–Crippen LogP) is 1.93. The summed E-state index contributed by atoms with van der Waals surface area (Å²) in [4.78, 5) is 10.8. The summed E-state index contributed by atoms with van der Waals surface area (Å²) < 4.78 is 10.8. The Morgan fingerprint density at radius 3 is 2.61 bits per heavy atom. The smallest absolute Gasteiger partial charge is 0.335 e. The second kappa shape index (κ2) is 7.55. The van der Waals surface area contributed by atoms with Crippen LogP contribution in [0.3, 0.4) is 0 Å². The molecule has 0 saturated carbocycles. The Hall–Kier alpha value is -1.75. The first-order chi connectivity index (χ1) is 8.69. The highest BCUT2D eigenvalue weighted by molar-refractivity contribution is 5.88. The number of aromatic carboxylic acids is 1.